The van der Waals surface area contributed by atoms with E-state index in [0.29, 0.717) is 18.5 Å². The zero-order valence-corrected chi connectivity index (χ0v) is 12.6. The normalized spacial score (nSPS) is 14.9. The van der Waals surface area contributed by atoms with E-state index in [1.165, 1.54) is 12.1 Å². The molecule has 0 bridgehead atoms. The molecule has 0 unspecified atom stereocenters. The van der Waals surface area contributed by atoms with Gasteiger partial charge in [-0.1, -0.05) is 0 Å². The lowest BCUT2D eigenvalue weighted by atomic mass is 10.0. The van der Waals surface area contributed by atoms with Crippen molar-refractivity contribution >= 4 is 17.6 Å². The van der Waals surface area contributed by atoms with Gasteiger partial charge in [-0.3, -0.25) is 9.59 Å². The molecule has 1 aliphatic heterocycles. The molecule has 2 rings (SSSR count). The summed E-state index contributed by atoms with van der Waals surface area (Å²) in [5, 5.41) is 0. The van der Waals surface area contributed by atoms with Gasteiger partial charge in [0.25, 0.3) is 0 Å². The van der Waals surface area contributed by atoms with Gasteiger partial charge in [-0.2, -0.15) is 0 Å². The molecule has 0 fully saturated rings. The summed E-state index contributed by atoms with van der Waals surface area (Å²) in [5.41, 5.74) is 0.958. The minimum atomic E-state index is -0.538. The Morgan fingerprint density at radius 1 is 1.33 bits per heavy atom. The SMILES string of the molecule is CC(C)(C)OC(=O)CCN1C(=O)CCc2cc(F)ccc21. The molecule has 0 atom stereocenters. The molecule has 0 N–H and O–H groups in total. The average Bonchev–Trinajstić information content (AvgIpc) is 2.35. The van der Waals surface area contributed by atoms with E-state index in [2.05, 4.69) is 0 Å². The van der Waals surface area contributed by atoms with Crippen LogP contribution in [0.2, 0.25) is 0 Å². The van der Waals surface area contributed by atoms with Gasteiger partial charge in [-0.05, 0) is 51.0 Å². The van der Waals surface area contributed by atoms with Crippen LogP contribution in [0.4, 0.5) is 10.1 Å². The molecule has 21 heavy (non-hydrogen) atoms. The van der Waals surface area contributed by atoms with Crippen LogP contribution in [0, 0.1) is 5.82 Å². The number of benzene rings is 1. The predicted octanol–water partition coefficient (Wildman–Crippen LogP) is 2.84. The standard InChI is InChI=1S/C16H20FNO3/c1-16(2,3)21-15(20)8-9-18-13-6-5-12(17)10-11(13)4-7-14(18)19/h5-6,10H,4,7-9H2,1-3H3. The fourth-order valence-electron chi connectivity index (χ4n) is 2.37. The molecule has 5 heteroatoms. The number of fused-ring (bicyclic) bond motifs is 1. The highest BCUT2D eigenvalue weighted by Gasteiger charge is 2.25. The summed E-state index contributed by atoms with van der Waals surface area (Å²) in [7, 11) is 0. The summed E-state index contributed by atoms with van der Waals surface area (Å²) in [5.74, 6) is -0.697. The van der Waals surface area contributed by atoms with E-state index < -0.39 is 5.60 Å². The highest BCUT2D eigenvalue weighted by Crippen LogP contribution is 2.28. The molecule has 4 nitrogen and oxygen atoms in total. The fraction of sp³-hybridized carbons (Fsp3) is 0.500. The maximum atomic E-state index is 13.2. The predicted molar refractivity (Wildman–Crippen MR) is 77.5 cm³/mol. The van der Waals surface area contributed by atoms with Crippen molar-refractivity contribution in [3.63, 3.8) is 0 Å². The van der Waals surface area contributed by atoms with E-state index >= 15 is 0 Å². The first-order valence-electron chi connectivity index (χ1n) is 7.07. The van der Waals surface area contributed by atoms with Gasteiger partial charge in [-0.25, -0.2) is 4.39 Å². The third-order valence-corrected chi connectivity index (χ3v) is 3.20. The van der Waals surface area contributed by atoms with Gasteiger partial charge in [0.1, 0.15) is 11.4 Å². The molecule has 1 aliphatic rings. The lowest BCUT2D eigenvalue weighted by Crippen LogP contribution is -2.37. The van der Waals surface area contributed by atoms with Crippen LogP contribution in [0.1, 0.15) is 39.2 Å². The molecule has 1 heterocycles. The van der Waals surface area contributed by atoms with Crippen LogP contribution in [-0.2, 0) is 20.7 Å². The average molecular weight is 293 g/mol. The maximum absolute atomic E-state index is 13.2. The van der Waals surface area contributed by atoms with Crippen molar-refractivity contribution in [1.29, 1.82) is 0 Å². The van der Waals surface area contributed by atoms with Crippen molar-refractivity contribution in [1.82, 2.24) is 0 Å². The maximum Gasteiger partial charge on any atom is 0.308 e. The number of aryl methyl sites for hydroxylation is 1. The number of nitrogens with zero attached hydrogens (tertiary/aromatic N) is 1. The van der Waals surface area contributed by atoms with Gasteiger partial charge < -0.3 is 9.64 Å². The number of anilines is 1. The summed E-state index contributed by atoms with van der Waals surface area (Å²) < 4.78 is 18.5. The molecule has 1 amide bonds. The van der Waals surface area contributed by atoms with Crippen molar-refractivity contribution in [2.45, 2.75) is 45.6 Å². The Kier molecular flexibility index (Phi) is 4.30. The lowest BCUT2D eigenvalue weighted by Gasteiger charge is -2.29. The van der Waals surface area contributed by atoms with Crippen LogP contribution in [0.15, 0.2) is 18.2 Å². The quantitative estimate of drug-likeness (QED) is 0.805. The first kappa shape index (κ1) is 15.5. The second kappa shape index (κ2) is 5.84. The second-order valence-corrected chi connectivity index (χ2v) is 6.15. The van der Waals surface area contributed by atoms with Gasteiger partial charge >= 0.3 is 5.97 Å². The van der Waals surface area contributed by atoms with Gasteiger partial charge in [-0.15, -0.1) is 0 Å². The minimum Gasteiger partial charge on any atom is -0.460 e. The molecular weight excluding hydrogens is 273 g/mol. The van der Waals surface area contributed by atoms with Crippen LogP contribution >= 0.6 is 0 Å². The Morgan fingerprint density at radius 3 is 2.71 bits per heavy atom. The summed E-state index contributed by atoms with van der Waals surface area (Å²) in [6.45, 7) is 5.66. The van der Waals surface area contributed by atoms with E-state index in [4.69, 9.17) is 4.74 Å². The van der Waals surface area contributed by atoms with E-state index in [0.717, 1.165) is 5.56 Å². The molecule has 1 aromatic rings. The third-order valence-electron chi connectivity index (χ3n) is 3.20. The number of hydrogen-bond acceptors (Lipinski definition) is 3. The molecule has 0 saturated heterocycles. The number of carbonyl (C=O) groups excluding carboxylic acids is 2. The Morgan fingerprint density at radius 2 is 2.05 bits per heavy atom. The van der Waals surface area contributed by atoms with E-state index in [9.17, 15) is 14.0 Å². The second-order valence-electron chi connectivity index (χ2n) is 6.15. The fourth-order valence-corrected chi connectivity index (χ4v) is 2.37. The van der Waals surface area contributed by atoms with Crippen LogP contribution in [0.3, 0.4) is 0 Å². The first-order chi connectivity index (χ1) is 9.76. The number of esters is 1. The number of halogens is 1. The van der Waals surface area contributed by atoms with Gasteiger partial charge in [0.2, 0.25) is 5.91 Å². The van der Waals surface area contributed by atoms with Gasteiger partial charge in [0.15, 0.2) is 0 Å². The zero-order valence-electron chi connectivity index (χ0n) is 12.6. The Bertz CT molecular complexity index is 563. The monoisotopic (exact) mass is 293 g/mol. The van der Waals surface area contributed by atoms with Crippen LogP contribution in [0.25, 0.3) is 0 Å². The van der Waals surface area contributed by atoms with Gasteiger partial charge in [0.05, 0.1) is 6.42 Å². The Hall–Kier alpha value is -1.91. The van der Waals surface area contributed by atoms with E-state index in [1.54, 1.807) is 31.7 Å². The molecule has 114 valence electrons. The smallest absolute Gasteiger partial charge is 0.308 e. The molecular formula is C16H20FNO3. The number of ether oxygens (including phenoxy) is 1. The molecule has 1 aromatic carbocycles. The molecule has 0 spiro atoms. The van der Waals surface area contributed by atoms with Crippen LogP contribution < -0.4 is 4.90 Å². The van der Waals surface area contributed by atoms with Crippen molar-refractivity contribution in [2.24, 2.45) is 0 Å². The lowest BCUT2D eigenvalue weighted by molar-refractivity contribution is -0.154. The van der Waals surface area contributed by atoms with Crippen LogP contribution in [0.5, 0.6) is 0 Å². The number of hydrogen-bond donors (Lipinski definition) is 0. The molecule has 0 radical (unpaired) electrons. The summed E-state index contributed by atoms with van der Waals surface area (Å²) >= 11 is 0. The van der Waals surface area contributed by atoms with Crippen molar-refractivity contribution in [2.75, 3.05) is 11.4 Å². The van der Waals surface area contributed by atoms with Gasteiger partial charge in [0, 0.05) is 18.7 Å². The molecule has 0 aromatic heterocycles. The highest BCUT2D eigenvalue weighted by molar-refractivity contribution is 5.96. The minimum absolute atomic E-state index is 0.0438. The zero-order chi connectivity index (χ0) is 15.6. The number of amides is 1. The summed E-state index contributed by atoms with van der Waals surface area (Å²) in [6.07, 6.45) is 0.999. The van der Waals surface area contributed by atoms with E-state index in [1.807, 2.05) is 0 Å². The van der Waals surface area contributed by atoms with Crippen molar-refractivity contribution < 1.29 is 18.7 Å². The highest BCUT2D eigenvalue weighted by atomic mass is 19.1. The largest absolute Gasteiger partial charge is 0.460 e. The Balaban J connectivity index is 2.07. The summed E-state index contributed by atoms with van der Waals surface area (Å²) in [4.78, 5) is 25.3. The van der Waals surface area contributed by atoms with Crippen molar-refractivity contribution in [3.05, 3.63) is 29.6 Å². The van der Waals surface area contributed by atoms with Crippen LogP contribution in [-0.4, -0.2) is 24.0 Å². The molecule has 0 saturated carbocycles. The Labute approximate surface area is 123 Å². The topological polar surface area (TPSA) is 46.6 Å². The summed E-state index contributed by atoms with van der Waals surface area (Å²) in [6, 6.07) is 4.37. The molecule has 0 aliphatic carbocycles. The first-order valence-corrected chi connectivity index (χ1v) is 7.07. The van der Waals surface area contributed by atoms with E-state index in [-0.39, 0.29) is 30.7 Å². The van der Waals surface area contributed by atoms with Crippen molar-refractivity contribution in [3.8, 4) is 0 Å². The third kappa shape index (κ3) is 4.03. The number of carbonyl (C=O) groups is 2. The number of rotatable bonds is 3.